The van der Waals surface area contributed by atoms with Crippen molar-refractivity contribution in [3.05, 3.63) is 62.5 Å². The van der Waals surface area contributed by atoms with Gasteiger partial charge in [0.15, 0.2) is 0 Å². The number of aryl methyl sites for hydroxylation is 2. The number of hydrogen-bond donors (Lipinski definition) is 1. The molecule has 29 heavy (non-hydrogen) atoms. The zero-order valence-corrected chi connectivity index (χ0v) is 17.5. The molecule has 3 rings (SSSR count). The van der Waals surface area contributed by atoms with Gasteiger partial charge in [-0.15, -0.1) is 11.3 Å². The third kappa shape index (κ3) is 4.54. The summed E-state index contributed by atoms with van der Waals surface area (Å²) < 4.78 is 6.30. The van der Waals surface area contributed by atoms with E-state index in [1.54, 1.807) is 13.8 Å². The van der Waals surface area contributed by atoms with Crippen molar-refractivity contribution in [1.29, 1.82) is 0 Å². The maximum absolute atomic E-state index is 12.8. The standard InChI is InChI=1S/C21H23N3O4S/c1-4-28-21(27)18-14(3)17-19(29-18)23-12-24(20(17)26)11-16(25)22-10-9-15-8-6-5-7-13(15)2/h5-8,12H,4,9-11H2,1-3H3,(H,22,25). The van der Waals surface area contributed by atoms with Crippen LogP contribution in [0.25, 0.3) is 10.2 Å². The van der Waals surface area contributed by atoms with Crippen molar-refractivity contribution in [1.82, 2.24) is 14.9 Å². The van der Waals surface area contributed by atoms with Crippen LogP contribution in [-0.4, -0.2) is 34.6 Å². The van der Waals surface area contributed by atoms with E-state index in [2.05, 4.69) is 10.3 Å². The van der Waals surface area contributed by atoms with E-state index in [1.807, 2.05) is 31.2 Å². The van der Waals surface area contributed by atoms with Crippen molar-refractivity contribution in [2.24, 2.45) is 0 Å². The fourth-order valence-corrected chi connectivity index (χ4v) is 4.13. The zero-order valence-electron chi connectivity index (χ0n) is 16.7. The summed E-state index contributed by atoms with van der Waals surface area (Å²) in [6.45, 7) is 6.07. The van der Waals surface area contributed by atoms with Crippen LogP contribution in [0, 0.1) is 13.8 Å². The van der Waals surface area contributed by atoms with Gasteiger partial charge in [-0.25, -0.2) is 9.78 Å². The summed E-state index contributed by atoms with van der Waals surface area (Å²) in [7, 11) is 0. The van der Waals surface area contributed by atoms with Gasteiger partial charge in [-0.1, -0.05) is 24.3 Å². The molecule has 0 atom stereocenters. The fourth-order valence-electron chi connectivity index (χ4n) is 3.10. The molecule has 0 bridgehead atoms. The number of nitrogens with one attached hydrogen (secondary N) is 1. The van der Waals surface area contributed by atoms with Crippen molar-refractivity contribution in [2.75, 3.05) is 13.2 Å². The number of nitrogens with zero attached hydrogens (tertiary/aromatic N) is 2. The topological polar surface area (TPSA) is 90.3 Å². The maximum Gasteiger partial charge on any atom is 0.348 e. The number of ether oxygens (including phenoxy) is 1. The Hall–Kier alpha value is -3.00. The normalized spacial score (nSPS) is 10.9. The monoisotopic (exact) mass is 413 g/mol. The number of aromatic nitrogens is 2. The summed E-state index contributed by atoms with van der Waals surface area (Å²) in [5.41, 5.74) is 2.55. The summed E-state index contributed by atoms with van der Waals surface area (Å²) in [6, 6.07) is 8.01. The van der Waals surface area contributed by atoms with Crippen LogP contribution >= 0.6 is 11.3 Å². The van der Waals surface area contributed by atoms with E-state index in [4.69, 9.17) is 4.74 Å². The molecule has 152 valence electrons. The van der Waals surface area contributed by atoms with Crippen molar-refractivity contribution in [3.8, 4) is 0 Å². The summed E-state index contributed by atoms with van der Waals surface area (Å²) in [6.07, 6.45) is 2.06. The first kappa shape index (κ1) is 20.7. The smallest absolute Gasteiger partial charge is 0.348 e. The Kier molecular flexibility index (Phi) is 6.43. The number of benzene rings is 1. The van der Waals surface area contributed by atoms with E-state index in [0.717, 1.165) is 17.8 Å². The van der Waals surface area contributed by atoms with Crippen LogP contribution in [0.5, 0.6) is 0 Å². The van der Waals surface area contributed by atoms with E-state index >= 15 is 0 Å². The molecule has 0 unspecified atom stereocenters. The van der Waals surface area contributed by atoms with Gasteiger partial charge in [0.1, 0.15) is 16.3 Å². The Balaban J connectivity index is 1.71. The average Bonchev–Trinajstić information content (AvgIpc) is 3.03. The lowest BCUT2D eigenvalue weighted by Gasteiger charge is -2.09. The second-order valence-corrected chi connectivity index (χ2v) is 7.66. The SMILES string of the molecule is CCOC(=O)c1sc2ncn(CC(=O)NCCc3ccccc3C)c(=O)c2c1C. The number of carbonyl (C=O) groups is 2. The van der Waals surface area contributed by atoms with Gasteiger partial charge in [-0.2, -0.15) is 0 Å². The molecule has 1 aromatic carbocycles. The zero-order chi connectivity index (χ0) is 21.0. The largest absolute Gasteiger partial charge is 0.462 e. The van der Waals surface area contributed by atoms with Gasteiger partial charge in [0.05, 0.1) is 18.3 Å². The van der Waals surface area contributed by atoms with Crippen molar-refractivity contribution >= 4 is 33.4 Å². The van der Waals surface area contributed by atoms with E-state index in [1.165, 1.54) is 22.0 Å². The Morgan fingerprint density at radius 2 is 2.00 bits per heavy atom. The van der Waals surface area contributed by atoms with Gasteiger partial charge in [0.2, 0.25) is 5.91 Å². The van der Waals surface area contributed by atoms with Crippen LogP contribution in [0.2, 0.25) is 0 Å². The van der Waals surface area contributed by atoms with Crippen molar-refractivity contribution in [3.63, 3.8) is 0 Å². The minimum absolute atomic E-state index is 0.125. The molecule has 0 aliphatic rings. The van der Waals surface area contributed by atoms with Gasteiger partial charge in [0.25, 0.3) is 5.56 Å². The highest BCUT2D eigenvalue weighted by Crippen LogP contribution is 2.27. The highest BCUT2D eigenvalue weighted by Gasteiger charge is 2.20. The first-order valence-corrected chi connectivity index (χ1v) is 10.2. The van der Waals surface area contributed by atoms with Crippen LogP contribution in [0.3, 0.4) is 0 Å². The van der Waals surface area contributed by atoms with E-state index < -0.39 is 5.97 Å². The van der Waals surface area contributed by atoms with Gasteiger partial charge in [-0.3, -0.25) is 14.2 Å². The van der Waals surface area contributed by atoms with Gasteiger partial charge in [-0.05, 0) is 43.9 Å². The molecule has 1 N–H and O–H groups in total. The van der Waals surface area contributed by atoms with Crippen LogP contribution in [0.15, 0.2) is 35.4 Å². The minimum atomic E-state index is -0.465. The minimum Gasteiger partial charge on any atom is -0.462 e. The molecule has 0 fully saturated rings. The molecule has 0 spiro atoms. The number of esters is 1. The lowest BCUT2D eigenvalue weighted by Crippen LogP contribution is -2.33. The molecular formula is C21H23N3O4S. The fraction of sp³-hybridized carbons (Fsp3) is 0.333. The summed E-state index contributed by atoms with van der Waals surface area (Å²) in [5.74, 6) is -0.728. The molecule has 3 aromatic rings. The lowest BCUT2D eigenvalue weighted by molar-refractivity contribution is -0.121. The molecular weight excluding hydrogens is 390 g/mol. The number of carbonyl (C=O) groups excluding carboxylic acids is 2. The highest BCUT2D eigenvalue weighted by atomic mass is 32.1. The second kappa shape index (κ2) is 9.00. The number of fused-ring (bicyclic) bond motifs is 1. The Bertz CT molecular complexity index is 1120. The summed E-state index contributed by atoms with van der Waals surface area (Å²) in [5, 5.41) is 3.19. The molecule has 1 amide bonds. The average molecular weight is 413 g/mol. The Morgan fingerprint density at radius 3 is 2.72 bits per heavy atom. The number of rotatable bonds is 7. The quantitative estimate of drug-likeness (QED) is 0.602. The predicted octanol–water partition coefficient (Wildman–Crippen LogP) is 2.61. The maximum atomic E-state index is 12.8. The van der Waals surface area contributed by atoms with Crippen molar-refractivity contribution < 1.29 is 14.3 Å². The van der Waals surface area contributed by atoms with Crippen LogP contribution in [0.4, 0.5) is 0 Å². The molecule has 2 aromatic heterocycles. The highest BCUT2D eigenvalue weighted by molar-refractivity contribution is 7.20. The Morgan fingerprint density at radius 1 is 1.24 bits per heavy atom. The molecule has 0 saturated heterocycles. The van der Waals surface area contributed by atoms with Crippen LogP contribution in [0.1, 0.15) is 33.3 Å². The van der Waals surface area contributed by atoms with Gasteiger partial charge in [0, 0.05) is 6.54 Å². The van der Waals surface area contributed by atoms with Gasteiger partial charge < -0.3 is 10.1 Å². The molecule has 7 nitrogen and oxygen atoms in total. The molecule has 0 aliphatic carbocycles. The van der Waals surface area contributed by atoms with Crippen molar-refractivity contribution in [2.45, 2.75) is 33.7 Å². The molecule has 0 aliphatic heterocycles. The Labute approximate surface area is 172 Å². The predicted molar refractivity (Wildman–Crippen MR) is 112 cm³/mol. The third-order valence-electron chi connectivity index (χ3n) is 4.67. The van der Waals surface area contributed by atoms with E-state index in [-0.39, 0.29) is 24.6 Å². The number of hydrogen-bond acceptors (Lipinski definition) is 6. The van der Waals surface area contributed by atoms with E-state index in [0.29, 0.717) is 27.2 Å². The van der Waals surface area contributed by atoms with E-state index in [9.17, 15) is 14.4 Å². The molecule has 2 heterocycles. The number of thiophene rings is 1. The summed E-state index contributed by atoms with van der Waals surface area (Å²) >= 11 is 1.13. The molecule has 0 radical (unpaired) electrons. The third-order valence-corrected chi connectivity index (χ3v) is 5.85. The number of amides is 1. The molecule has 8 heteroatoms. The lowest BCUT2D eigenvalue weighted by atomic mass is 10.1. The molecule has 0 saturated carbocycles. The van der Waals surface area contributed by atoms with Crippen LogP contribution in [-0.2, 0) is 22.5 Å². The first-order chi connectivity index (χ1) is 13.9. The second-order valence-electron chi connectivity index (χ2n) is 6.66. The first-order valence-electron chi connectivity index (χ1n) is 9.39. The van der Waals surface area contributed by atoms with Gasteiger partial charge >= 0.3 is 5.97 Å². The van der Waals surface area contributed by atoms with Crippen LogP contribution < -0.4 is 10.9 Å². The summed E-state index contributed by atoms with van der Waals surface area (Å²) in [4.78, 5) is 42.2.